The molecule has 3 rings (SSSR count). The lowest BCUT2D eigenvalue weighted by Crippen LogP contribution is -2.19. The Balaban J connectivity index is 1.62. The molecule has 0 spiro atoms. The third kappa shape index (κ3) is 4.99. The molecule has 7 nitrogen and oxygen atoms in total. The number of aryl methyl sites for hydroxylation is 1. The van der Waals surface area contributed by atoms with Gasteiger partial charge >= 0.3 is 6.03 Å². The lowest BCUT2D eigenvalue weighted by Gasteiger charge is -2.10. The molecule has 0 fully saturated rings. The van der Waals surface area contributed by atoms with E-state index in [1.807, 2.05) is 19.1 Å². The van der Waals surface area contributed by atoms with E-state index in [9.17, 15) is 9.59 Å². The molecule has 0 aliphatic carbocycles. The van der Waals surface area contributed by atoms with Gasteiger partial charge in [-0.15, -0.1) is 11.3 Å². The SMILES string of the molecule is COc1cc(C)ccc1NC(=O)c1csc(NC(=O)Nc2ccc(Cl)cc2)n1. The van der Waals surface area contributed by atoms with Crippen LogP contribution in [0.1, 0.15) is 16.1 Å². The standard InChI is InChI=1S/C19H17ClN4O3S/c1-11-3-8-14(16(9-11)27-2)22-17(25)15-10-28-19(23-15)24-18(26)21-13-6-4-12(20)5-7-13/h3-10H,1-2H3,(H,22,25)(H2,21,23,24,26). The molecule has 0 saturated carbocycles. The van der Waals surface area contributed by atoms with E-state index in [0.29, 0.717) is 27.3 Å². The van der Waals surface area contributed by atoms with Crippen LogP contribution in [0.4, 0.5) is 21.3 Å². The number of benzene rings is 2. The first-order chi connectivity index (χ1) is 13.4. The largest absolute Gasteiger partial charge is 0.495 e. The summed E-state index contributed by atoms with van der Waals surface area (Å²) in [7, 11) is 1.54. The molecular weight excluding hydrogens is 400 g/mol. The molecule has 3 amide bonds. The van der Waals surface area contributed by atoms with Crippen molar-refractivity contribution in [2.24, 2.45) is 0 Å². The second-order valence-electron chi connectivity index (χ2n) is 5.78. The third-order valence-corrected chi connectivity index (χ3v) is 4.67. The maximum Gasteiger partial charge on any atom is 0.325 e. The van der Waals surface area contributed by atoms with Gasteiger partial charge in [-0.25, -0.2) is 9.78 Å². The quantitative estimate of drug-likeness (QED) is 0.545. The Kier molecular flexibility index (Phi) is 6.13. The van der Waals surface area contributed by atoms with Gasteiger partial charge in [0.15, 0.2) is 5.13 Å². The number of hydrogen-bond acceptors (Lipinski definition) is 5. The van der Waals surface area contributed by atoms with E-state index in [1.54, 1.807) is 35.7 Å². The Morgan fingerprint density at radius 2 is 1.82 bits per heavy atom. The van der Waals surface area contributed by atoms with Crippen molar-refractivity contribution >= 4 is 51.4 Å². The number of aromatic nitrogens is 1. The molecule has 0 unspecified atom stereocenters. The van der Waals surface area contributed by atoms with Crippen molar-refractivity contribution in [3.8, 4) is 5.75 Å². The number of amides is 3. The lowest BCUT2D eigenvalue weighted by atomic mass is 10.2. The maximum atomic E-state index is 12.4. The van der Waals surface area contributed by atoms with Gasteiger partial charge in [-0.1, -0.05) is 17.7 Å². The minimum Gasteiger partial charge on any atom is -0.495 e. The number of hydrogen-bond donors (Lipinski definition) is 3. The fourth-order valence-corrected chi connectivity index (χ4v) is 3.13. The molecule has 3 aromatic rings. The van der Waals surface area contributed by atoms with Crippen LogP contribution >= 0.6 is 22.9 Å². The monoisotopic (exact) mass is 416 g/mol. The smallest absolute Gasteiger partial charge is 0.325 e. The first kappa shape index (κ1) is 19.7. The fraction of sp³-hybridized carbons (Fsp3) is 0.105. The Morgan fingerprint density at radius 1 is 1.07 bits per heavy atom. The highest BCUT2D eigenvalue weighted by Gasteiger charge is 2.15. The molecule has 2 aromatic carbocycles. The van der Waals surface area contributed by atoms with Gasteiger partial charge in [-0.05, 0) is 48.9 Å². The highest BCUT2D eigenvalue weighted by atomic mass is 35.5. The van der Waals surface area contributed by atoms with Crippen LogP contribution in [-0.2, 0) is 0 Å². The zero-order valence-corrected chi connectivity index (χ0v) is 16.6. The highest BCUT2D eigenvalue weighted by molar-refractivity contribution is 7.14. The summed E-state index contributed by atoms with van der Waals surface area (Å²) < 4.78 is 5.28. The van der Waals surface area contributed by atoms with Crippen molar-refractivity contribution < 1.29 is 14.3 Å². The molecule has 144 valence electrons. The Morgan fingerprint density at radius 3 is 2.54 bits per heavy atom. The maximum absolute atomic E-state index is 12.4. The van der Waals surface area contributed by atoms with Crippen LogP contribution in [0.25, 0.3) is 0 Å². The molecular formula is C19H17ClN4O3S. The van der Waals surface area contributed by atoms with Crippen molar-refractivity contribution in [1.29, 1.82) is 0 Å². The van der Waals surface area contributed by atoms with E-state index in [-0.39, 0.29) is 5.69 Å². The summed E-state index contributed by atoms with van der Waals surface area (Å²) in [6.45, 7) is 1.93. The molecule has 0 radical (unpaired) electrons. The topological polar surface area (TPSA) is 92.4 Å². The molecule has 0 saturated heterocycles. The Hall–Kier alpha value is -3.10. The summed E-state index contributed by atoms with van der Waals surface area (Å²) in [4.78, 5) is 28.6. The molecule has 1 heterocycles. The minimum atomic E-state index is -0.469. The zero-order valence-electron chi connectivity index (χ0n) is 15.1. The van der Waals surface area contributed by atoms with Crippen molar-refractivity contribution in [2.75, 3.05) is 23.1 Å². The molecule has 1 aromatic heterocycles. The molecule has 0 aliphatic heterocycles. The van der Waals surface area contributed by atoms with Crippen LogP contribution in [0.2, 0.25) is 5.02 Å². The van der Waals surface area contributed by atoms with Crippen molar-refractivity contribution in [3.05, 3.63) is 64.1 Å². The number of halogens is 1. The second kappa shape index (κ2) is 8.73. The lowest BCUT2D eigenvalue weighted by molar-refractivity contribution is 0.102. The number of anilines is 3. The predicted octanol–water partition coefficient (Wildman–Crippen LogP) is 5.01. The summed E-state index contributed by atoms with van der Waals surface area (Å²) in [5.74, 6) is 0.161. The van der Waals surface area contributed by atoms with Gasteiger partial charge < -0.3 is 15.4 Å². The Labute approximate surface area is 170 Å². The number of nitrogens with one attached hydrogen (secondary N) is 3. The predicted molar refractivity (Wildman–Crippen MR) is 112 cm³/mol. The molecule has 0 bridgehead atoms. The van der Waals surface area contributed by atoms with Crippen LogP contribution in [0.5, 0.6) is 5.75 Å². The van der Waals surface area contributed by atoms with Gasteiger partial charge in [0.25, 0.3) is 5.91 Å². The number of urea groups is 1. The minimum absolute atomic E-state index is 0.189. The number of carbonyl (C=O) groups excluding carboxylic acids is 2. The Bertz CT molecular complexity index is 1000. The normalized spacial score (nSPS) is 10.2. The summed E-state index contributed by atoms with van der Waals surface area (Å²) >= 11 is 6.96. The highest BCUT2D eigenvalue weighted by Crippen LogP contribution is 2.26. The van der Waals surface area contributed by atoms with E-state index in [2.05, 4.69) is 20.9 Å². The van der Waals surface area contributed by atoms with Gasteiger partial charge in [-0.3, -0.25) is 10.1 Å². The number of carbonyl (C=O) groups is 2. The number of methoxy groups -OCH3 is 1. The zero-order chi connectivity index (χ0) is 20.1. The average Bonchev–Trinajstić information content (AvgIpc) is 3.13. The summed E-state index contributed by atoms with van der Waals surface area (Å²) in [5.41, 5.74) is 2.33. The van der Waals surface area contributed by atoms with Gasteiger partial charge in [0.1, 0.15) is 11.4 Å². The van der Waals surface area contributed by atoms with Crippen molar-refractivity contribution in [2.45, 2.75) is 6.92 Å². The van der Waals surface area contributed by atoms with E-state index < -0.39 is 11.9 Å². The van der Waals surface area contributed by atoms with Gasteiger partial charge in [-0.2, -0.15) is 0 Å². The van der Waals surface area contributed by atoms with E-state index in [1.165, 1.54) is 7.11 Å². The van der Waals surface area contributed by atoms with Crippen LogP contribution in [-0.4, -0.2) is 24.0 Å². The number of ether oxygens (including phenoxy) is 1. The summed E-state index contributed by atoms with van der Waals surface area (Å²) in [5, 5.41) is 10.4. The van der Waals surface area contributed by atoms with Gasteiger partial charge in [0, 0.05) is 16.1 Å². The average molecular weight is 417 g/mol. The summed E-state index contributed by atoms with van der Waals surface area (Å²) in [6, 6.07) is 11.7. The van der Waals surface area contributed by atoms with Gasteiger partial charge in [0.05, 0.1) is 12.8 Å². The number of rotatable bonds is 5. The number of thiazole rings is 1. The van der Waals surface area contributed by atoms with Crippen LogP contribution in [0.15, 0.2) is 47.8 Å². The molecule has 28 heavy (non-hydrogen) atoms. The van der Waals surface area contributed by atoms with Crippen molar-refractivity contribution in [3.63, 3.8) is 0 Å². The van der Waals surface area contributed by atoms with Crippen molar-refractivity contribution in [1.82, 2.24) is 4.98 Å². The first-order valence-corrected chi connectivity index (χ1v) is 9.45. The molecule has 3 N–H and O–H groups in total. The van der Waals surface area contributed by atoms with Crippen LogP contribution in [0.3, 0.4) is 0 Å². The molecule has 0 aliphatic rings. The van der Waals surface area contributed by atoms with E-state index >= 15 is 0 Å². The number of nitrogens with zero attached hydrogens (tertiary/aromatic N) is 1. The van der Waals surface area contributed by atoms with E-state index in [4.69, 9.17) is 16.3 Å². The van der Waals surface area contributed by atoms with E-state index in [0.717, 1.165) is 16.9 Å². The summed E-state index contributed by atoms with van der Waals surface area (Å²) in [6.07, 6.45) is 0. The first-order valence-electron chi connectivity index (χ1n) is 8.19. The second-order valence-corrected chi connectivity index (χ2v) is 7.08. The fourth-order valence-electron chi connectivity index (χ4n) is 2.32. The third-order valence-electron chi connectivity index (χ3n) is 3.66. The van der Waals surface area contributed by atoms with Crippen LogP contribution < -0.4 is 20.7 Å². The molecule has 0 atom stereocenters. The van der Waals surface area contributed by atoms with Crippen LogP contribution in [0, 0.1) is 6.92 Å². The molecule has 9 heteroatoms. The van der Waals surface area contributed by atoms with Gasteiger partial charge in [0.2, 0.25) is 0 Å².